The largest absolute Gasteiger partial charge is 0.481 e. The van der Waals surface area contributed by atoms with E-state index in [9.17, 15) is 19.5 Å². The molecule has 5 nitrogen and oxygen atoms in total. The minimum atomic E-state index is -0.653. The van der Waals surface area contributed by atoms with Gasteiger partial charge in [-0.1, -0.05) is 284 Å². The van der Waals surface area contributed by atoms with Gasteiger partial charge in [-0.25, -0.2) is 0 Å². The first kappa shape index (κ1) is 59.7. The smallest absolute Gasteiger partial charge is 0.306 e. The van der Waals surface area contributed by atoms with Crippen molar-refractivity contribution in [3.05, 3.63) is 0 Å². The van der Waals surface area contributed by atoms with Gasteiger partial charge in [0.05, 0.1) is 5.92 Å². The molecule has 0 bridgehead atoms. The molecular formula is C54H106O5. The third-order valence-electron chi connectivity index (χ3n) is 12.6. The number of aliphatic carboxylic acids is 2. The van der Waals surface area contributed by atoms with Gasteiger partial charge in [-0.15, -0.1) is 0 Å². The Kier molecular flexibility index (Phi) is 55.3. The number of hydrogen-bond donors (Lipinski definition) is 2. The van der Waals surface area contributed by atoms with Crippen molar-refractivity contribution in [1.82, 2.24) is 0 Å². The molecule has 0 aromatic carbocycles. The molecule has 0 rings (SSSR count). The van der Waals surface area contributed by atoms with Crippen LogP contribution in [0.5, 0.6) is 0 Å². The highest BCUT2D eigenvalue weighted by molar-refractivity contribution is 5.69. The van der Waals surface area contributed by atoms with E-state index in [1.807, 2.05) is 0 Å². The van der Waals surface area contributed by atoms with E-state index < -0.39 is 11.9 Å². The molecule has 0 aliphatic heterocycles. The Labute approximate surface area is 369 Å². The average Bonchev–Trinajstić information content (AvgIpc) is 3.22. The molecule has 1 atom stereocenters. The maximum absolute atomic E-state index is 11.7. The molecule has 0 saturated heterocycles. The van der Waals surface area contributed by atoms with Gasteiger partial charge >= 0.3 is 11.9 Å². The van der Waals surface area contributed by atoms with Crippen LogP contribution >= 0.6 is 0 Å². The third kappa shape index (κ3) is 56.6. The molecule has 0 aliphatic rings. The van der Waals surface area contributed by atoms with E-state index in [1.54, 1.807) is 0 Å². The minimum absolute atomic E-state index is 0.112. The zero-order chi connectivity index (χ0) is 43.4. The first-order valence-electron chi connectivity index (χ1n) is 26.9. The summed E-state index contributed by atoms with van der Waals surface area (Å²) < 4.78 is 0. The average molecular weight is 835 g/mol. The van der Waals surface area contributed by atoms with Crippen LogP contribution in [0.15, 0.2) is 0 Å². The van der Waals surface area contributed by atoms with Gasteiger partial charge in [0, 0.05) is 12.8 Å². The second kappa shape index (κ2) is 54.6. The fraction of sp³-hybridized carbons (Fsp3) is 0.944. The second-order valence-electron chi connectivity index (χ2n) is 18.6. The van der Waals surface area contributed by atoms with Crippen molar-refractivity contribution in [2.75, 3.05) is 0 Å². The third-order valence-corrected chi connectivity index (χ3v) is 12.6. The lowest BCUT2D eigenvalue weighted by molar-refractivity contribution is -0.142. The van der Waals surface area contributed by atoms with Crippen molar-refractivity contribution in [3.63, 3.8) is 0 Å². The number of carbonyl (C=O) groups is 3. The van der Waals surface area contributed by atoms with E-state index >= 15 is 0 Å². The van der Waals surface area contributed by atoms with Gasteiger partial charge in [-0.3, -0.25) is 9.59 Å². The number of unbranched alkanes of at least 4 members (excludes halogenated alkanes) is 42. The molecule has 0 spiro atoms. The van der Waals surface area contributed by atoms with Gasteiger partial charge < -0.3 is 15.0 Å². The lowest BCUT2D eigenvalue weighted by atomic mass is 9.94. The van der Waals surface area contributed by atoms with Gasteiger partial charge in [0.2, 0.25) is 0 Å². The first-order valence-corrected chi connectivity index (χ1v) is 26.9. The fourth-order valence-corrected chi connectivity index (χ4v) is 8.54. The van der Waals surface area contributed by atoms with Gasteiger partial charge in [0.1, 0.15) is 6.29 Å². The maximum Gasteiger partial charge on any atom is 0.306 e. The van der Waals surface area contributed by atoms with Crippen LogP contribution in [0.25, 0.3) is 0 Å². The molecule has 352 valence electrons. The SMILES string of the molecule is CCCCCCCCCCCCCCCCC(CCCCCCCCCCCCCCCCCC=O)C(=O)O.CCCCCCCCCCCCCCCCCC(=O)O. The summed E-state index contributed by atoms with van der Waals surface area (Å²) in [7, 11) is 0. The van der Waals surface area contributed by atoms with Crippen LogP contribution in [0.2, 0.25) is 0 Å². The second-order valence-corrected chi connectivity index (χ2v) is 18.6. The predicted octanol–water partition coefficient (Wildman–Crippen LogP) is 18.7. The summed E-state index contributed by atoms with van der Waals surface area (Å²) >= 11 is 0. The van der Waals surface area contributed by atoms with Gasteiger partial charge in [-0.05, 0) is 25.7 Å². The molecule has 0 amide bonds. The Balaban J connectivity index is 0. The van der Waals surface area contributed by atoms with Crippen molar-refractivity contribution >= 4 is 18.2 Å². The van der Waals surface area contributed by atoms with Crippen LogP contribution in [0.3, 0.4) is 0 Å². The molecule has 2 N–H and O–H groups in total. The molecule has 0 saturated carbocycles. The summed E-state index contributed by atoms with van der Waals surface area (Å²) in [6.07, 6.45) is 62.1. The lowest BCUT2D eigenvalue weighted by Gasteiger charge is -2.12. The molecular weight excluding hydrogens is 729 g/mol. The molecule has 59 heavy (non-hydrogen) atoms. The Hall–Kier alpha value is -1.39. The van der Waals surface area contributed by atoms with Crippen LogP contribution in [-0.4, -0.2) is 28.4 Å². The summed E-state index contributed by atoms with van der Waals surface area (Å²) in [4.78, 5) is 32.3. The number of hydrogen-bond acceptors (Lipinski definition) is 3. The summed E-state index contributed by atoms with van der Waals surface area (Å²) in [5, 5.41) is 18.1. The molecule has 5 heteroatoms. The number of carbonyl (C=O) groups excluding carboxylic acids is 1. The number of carboxylic acids is 2. The summed E-state index contributed by atoms with van der Waals surface area (Å²) in [6, 6.07) is 0. The zero-order valence-corrected chi connectivity index (χ0v) is 40.2. The van der Waals surface area contributed by atoms with Crippen molar-refractivity contribution in [3.8, 4) is 0 Å². The maximum atomic E-state index is 11.7. The lowest BCUT2D eigenvalue weighted by Crippen LogP contribution is -2.13. The van der Waals surface area contributed by atoms with E-state index in [0.29, 0.717) is 6.42 Å². The summed E-state index contributed by atoms with van der Waals surface area (Å²) in [5.74, 6) is -1.33. The van der Waals surface area contributed by atoms with Crippen molar-refractivity contribution in [1.29, 1.82) is 0 Å². The monoisotopic (exact) mass is 835 g/mol. The minimum Gasteiger partial charge on any atom is -0.481 e. The Morgan fingerprint density at radius 2 is 0.559 bits per heavy atom. The summed E-state index contributed by atoms with van der Waals surface area (Å²) in [5.41, 5.74) is 0. The van der Waals surface area contributed by atoms with Crippen LogP contribution in [0.4, 0.5) is 0 Å². The van der Waals surface area contributed by atoms with Gasteiger partial charge in [-0.2, -0.15) is 0 Å². The standard InChI is InChI=1S/C36H70O3.C18H36O2/c1-2-3-4-5-6-7-8-9-14-17-20-23-26-29-32-35(36(38)39)33-30-27-24-21-18-15-12-10-11-13-16-19-22-25-28-31-34-37;1-2-3-4-5-6-7-8-9-10-11-12-13-14-15-16-17-18(19)20/h34-35H,2-33H2,1H3,(H,38,39);2-17H2,1H3,(H,19,20). The van der Waals surface area contributed by atoms with E-state index in [0.717, 1.165) is 57.7 Å². The molecule has 0 radical (unpaired) electrons. The van der Waals surface area contributed by atoms with Crippen molar-refractivity contribution in [2.24, 2.45) is 5.92 Å². The molecule has 0 fully saturated rings. The quantitative estimate of drug-likeness (QED) is 0.0470. The van der Waals surface area contributed by atoms with E-state index in [2.05, 4.69) is 13.8 Å². The van der Waals surface area contributed by atoms with Crippen LogP contribution in [-0.2, 0) is 14.4 Å². The van der Waals surface area contributed by atoms with Gasteiger partial charge in [0.15, 0.2) is 0 Å². The number of carboxylic acid groups (broad SMARTS) is 2. The normalized spacial score (nSPS) is 11.7. The molecule has 0 aromatic rings. The van der Waals surface area contributed by atoms with Gasteiger partial charge in [0.25, 0.3) is 0 Å². The van der Waals surface area contributed by atoms with Crippen molar-refractivity contribution in [2.45, 2.75) is 322 Å². The topological polar surface area (TPSA) is 91.7 Å². The Bertz CT molecular complexity index is 813. The zero-order valence-electron chi connectivity index (χ0n) is 40.2. The first-order chi connectivity index (χ1) is 29.0. The highest BCUT2D eigenvalue weighted by Gasteiger charge is 2.16. The van der Waals surface area contributed by atoms with E-state index in [1.165, 1.54) is 250 Å². The number of rotatable bonds is 50. The highest BCUT2D eigenvalue weighted by atomic mass is 16.4. The summed E-state index contributed by atoms with van der Waals surface area (Å²) in [6.45, 7) is 4.55. The van der Waals surface area contributed by atoms with Crippen LogP contribution in [0, 0.1) is 5.92 Å². The Morgan fingerprint density at radius 3 is 0.780 bits per heavy atom. The predicted molar refractivity (Wildman–Crippen MR) is 258 cm³/mol. The fourth-order valence-electron chi connectivity index (χ4n) is 8.54. The molecule has 0 heterocycles. The Morgan fingerprint density at radius 1 is 0.339 bits per heavy atom. The molecule has 0 aliphatic carbocycles. The number of aldehydes is 1. The van der Waals surface area contributed by atoms with Crippen LogP contribution < -0.4 is 0 Å². The van der Waals surface area contributed by atoms with E-state index in [4.69, 9.17) is 5.11 Å². The molecule has 1 unspecified atom stereocenters. The van der Waals surface area contributed by atoms with Crippen LogP contribution in [0.1, 0.15) is 322 Å². The van der Waals surface area contributed by atoms with Crippen molar-refractivity contribution < 1.29 is 24.6 Å². The molecule has 0 aromatic heterocycles. The highest BCUT2D eigenvalue weighted by Crippen LogP contribution is 2.21. The van der Waals surface area contributed by atoms with E-state index in [-0.39, 0.29) is 5.92 Å².